The summed E-state index contributed by atoms with van der Waals surface area (Å²) < 4.78 is 64.9. The van der Waals surface area contributed by atoms with Crippen molar-refractivity contribution in [1.29, 1.82) is 0 Å². The summed E-state index contributed by atoms with van der Waals surface area (Å²) >= 11 is 0. The van der Waals surface area contributed by atoms with E-state index in [1.54, 1.807) is 0 Å². The molecule has 2 aromatic carbocycles. The second-order valence-electron chi connectivity index (χ2n) is 11.1. The standard InChI is InChI=1S/C29H35F4N3O/c1-18-13-22-21-7-4-5-8-25(21)34-27(22)28(36(18)17-29(2,3)33)26-23(31)14-20(15-24(26)32)37-19-9-12-35(16-19)11-6-10-30/h4-5,7-8,14-15,18-19,28,34H,6,9-13,16-17H2,1-3H3. The summed E-state index contributed by atoms with van der Waals surface area (Å²) in [4.78, 5) is 7.35. The van der Waals surface area contributed by atoms with E-state index in [0.29, 0.717) is 31.6 Å². The van der Waals surface area contributed by atoms with Crippen molar-refractivity contribution < 1.29 is 22.3 Å². The molecule has 1 N–H and O–H groups in total. The van der Waals surface area contributed by atoms with Crippen molar-refractivity contribution in [3.63, 3.8) is 0 Å². The Morgan fingerprint density at radius 3 is 2.57 bits per heavy atom. The Kier molecular flexibility index (Phi) is 7.24. The van der Waals surface area contributed by atoms with E-state index >= 15 is 8.78 Å². The number of hydrogen-bond donors (Lipinski definition) is 1. The molecule has 200 valence electrons. The summed E-state index contributed by atoms with van der Waals surface area (Å²) in [6.07, 6.45) is 1.63. The fourth-order valence-corrected chi connectivity index (χ4v) is 5.96. The van der Waals surface area contributed by atoms with Crippen LogP contribution < -0.4 is 4.74 Å². The molecule has 2 aliphatic rings. The minimum Gasteiger partial charge on any atom is -0.489 e. The number of nitrogens with zero attached hydrogens (tertiary/aromatic N) is 2. The van der Waals surface area contributed by atoms with E-state index in [2.05, 4.69) is 9.88 Å². The van der Waals surface area contributed by atoms with Crippen molar-refractivity contribution >= 4 is 10.9 Å². The summed E-state index contributed by atoms with van der Waals surface area (Å²) in [5.41, 5.74) is 0.953. The lowest BCUT2D eigenvalue weighted by Crippen LogP contribution is -2.48. The number of aromatic amines is 1. The van der Waals surface area contributed by atoms with Crippen LogP contribution in [-0.4, -0.2) is 65.5 Å². The fraction of sp³-hybridized carbons (Fsp3) is 0.517. The highest BCUT2D eigenvalue weighted by molar-refractivity contribution is 5.85. The number of likely N-dealkylation sites (tertiary alicyclic amines) is 1. The molecule has 2 aliphatic heterocycles. The first-order chi connectivity index (χ1) is 17.6. The van der Waals surface area contributed by atoms with Gasteiger partial charge in [-0.05, 0) is 51.7 Å². The molecular formula is C29H35F4N3O. The van der Waals surface area contributed by atoms with Crippen LogP contribution in [0.5, 0.6) is 5.75 Å². The number of ether oxygens (including phenoxy) is 1. The van der Waals surface area contributed by atoms with Gasteiger partial charge in [-0.15, -0.1) is 0 Å². The number of benzene rings is 2. The Bertz CT molecular complexity index is 1230. The molecule has 3 unspecified atom stereocenters. The zero-order chi connectivity index (χ0) is 26.3. The minimum atomic E-state index is -1.55. The third kappa shape index (κ3) is 5.36. The molecule has 3 heterocycles. The number of aromatic nitrogens is 1. The number of hydrogen-bond acceptors (Lipinski definition) is 3. The maximum Gasteiger partial charge on any atom is 0.135 e. The van der Waals surface area contributed by atoms with Crippen LogP contribution in [0.15, 0.2) is 36.4 Å². The largest absolute Gasteiger partial charge is 0.489 e. The number of nitrogens with one attached hydrogen (secondary N) is 1. The quantitative estimate of drug-likeness (QED) is 0.354. The molecule has 5 rings (SSSR count). The van der Waals surface area contributed by atoms with Crippen LogP contribution in [0.2, 0.25) is 0 Å². The van der Waals surface area contributed by atoms with Gasteiger partial charge in [-0.1, -0.05) is 18.2 Å². The predicted molar refractivity (Wildman–Crippen MR) is 138 cm³/mol. The normalized spacial score (nSPS) is 23.1. The third-order valence-electron chi connectivity index (χ3n) is 7.54. The Morgan fingerprint density at radius 1 is 1.14 bits per heavy atom. The van der Waals surface area contributed by atoms with Gasteiger partial charge in [0.1, 0.15) is 29.2 Å². The summed E-state index contributed by atoms with van der Waals surface area (Å²) in [6, 6.07) is 9.36. The number of fused-ring (bicyclic) bond motifs is 3. The second kappa shape index (κ2) is 10.3. The molecule has 0 radical (unpaired) electrons. The highest BCUT2D eigenvalue weighted by Crippen LogP contribution is 2.43. The van der Waals surface area contributed by atoms with Crippen LogP contribution in [0.25, 0.3) is 10.9 Å². The van der Waals surface area contributed by atoms with Crippen molar-refractivity contribution in [2.45, 2.75) is 63.9 Å². The van der Waals surface area contributed by atoms with Crippen molar-refractivity contribution in [2.75, 3.05) is 32.9 Å². The molecule has 3 aromatic rings. The first kappa shape index (κ1) is 26.0. The lowest BCUT2D eigenvalue weighted by atomic mass is 9.87. The zero-order valence-electron chi connectivity index (χ0n) is 21.7. The van der Waals surface area contributed by atoms with Crippen LogP contribution in [0.1, 0.15) is 56.5 Å². The van der Waals surface area contributed by atoms with E-state index in [1.807, 2.05) is 36.1 Å². The van der Waals surface area contributed by atoms with Crippen LogP contribution >= 0.6 is 0 Å². The average molecular weight is 518 g/mol. The molecule has 3 atom stereocenters. The summed E-state index contributed by atoms with van der Waals surface area (Å²) in [5, 5.41) is 1.02. The highest BCUT2D eigenvalue weighted by atomic mass is 19.1. The molecule has 8 heteroatoms. The zero-order valence-corrected chi connectivity index (χ0v) is 21.7. The predicted octanol–water partition coefficient (Wildman–Crippen LogP) is 6.34. The SMILES string of the molecule is CC1Cc2c([nH]c3ccccc23)C(c2c(F)cc(OC3CCN(CCCF)C3)cc2F)N1CC(C)(C)F. The van der Waals surface area contributed by atoms with Gasteiger partial charge in [-0.3, -0.25) is 14.2 Å². The molecule has 4 nitrogen and oxygen atoms in total. The number of halogens is 4. The molecule has 0 spiro atoms. The molecular weight excluding hydrogens is 482 g/mol. The lowest BCUT2D eigenvalue weighted by Gasteiger charge is -2.43. The van der Waals surface area contributed by atoms with E-state index < -0.39 is 23.3 Å². The van der Waals surface area contributed by atoms with E-state index in [-0.39, 0.29) is 36.7 Å². The van der Waals surface area contributed by atoms with Gasteiger partial charge in [-0.2, -0.15) is 0 Å². The summed E-state index contributed by atoms with van der Waals surface area (Å²) in [6.45, 7) is 6.62. The van der Waals surface area contributed by atoms with Crippen molar-refractivity contribution in [3.05, 3.63) is 64.9 Å². The van der Waals surface area contributed by atoms with Crippen molar-refractivity contribution in [3.8, 4) is 5.75 Å². The smallest absolute Gasteiger partial charge is 0.135 e. The molecule has 0 bridgehead atoms. The molecule has 1 fully saturated rings. The summed E-state index contributed by atoms with van der Waals surface area (Å²) in [7, 11) is 0. The van der Waals surface area contributed by atoms with Gasteiger partial charge in [0.15, 0.2) is 0 Å². The van der Waals surface area contributed by atoms with Gasteiger partial charge in [0.05, 0.1) is 12.7 Å². The van der Waals surface area contributed by atoms with Gasteiger partial charge in [0, 0.05) is 66.5 Å². The molecule has 37 heavy (non-hydrogen) atoms. The van der Waals surface area contributed by atoms with E-state index in [1.165, 1.54) is 26.0 Å². The molecule has 1 aromatic heterocycles. The number of rotatable bonds is 8. The van der Waals surface area contributed by atoms with Gasteiger partial charge >= 0.3 is 0 Å². The number of para-hydroxylation sites is 1. The van der Waals surface area contributed by atoms with Crippen molar-refractivity contribution in [2.24, 2.45) is 0 Å². The molecule has 1 saturated heterocycles. The number of alkyl halides is 2. The Balaban J connectivity index is 1.50. The van der Waals surface area contributed by atoms with Gasteiger partial charge < -0.3 is 9.72 Å². The van der Waals surface area contributed by atoms with E-state index in [4.69, 9.17) is 4.74 Å². The maximum absolute atomic E-state index is 15.8. The second-order valence-corrected chi connectivity index (χ2v) is 11.1. The first-order valence-electron chi connectivity index (χ1n) is 13.1. The van der Waals surface area contributed by atoms with Crippen LogP contribution in [-0.2, 0) is 6.42 Å². The Morgan fingerprint density at radius 2 is 1.86 bits per heavy atom. The average Bonchev–Trinajstić information content (AvgIpc) is 3.42. The number of H-pyrrole nitrogens is 1. The van der Waals surface area contributed by atoms with Crippen molar-refractivity contribution in [1.82, 2.24) is 14.8 Å². The van der Waals surface area contributed by atoms with E-state index in [9.17, 15) is 8.78 Å². The van der Waals surface area contributed by atoms with Crippen LogP contribution in [0.4, 0.5) is 17.6 Å². The topological polar surface area (TPSA) is 31.5 Å². The molecule has 0 amide bonds. The van der Waals surface area contributed by atoms with Gasteiger partial charge in [0.2, 0.25) is 0 Å². The first-order valence-corrected chi connectivity index (χ1v) is 13.1. The fourth-order valence-electron chi connectivity index (χ4n) is 5.96. The van der Waals surface area contributed by atoms with Gasteiger partial charge in [-0.25, -0.2) is 13.2 Å². The lowest BCUT2D eigenvalue weighted by molar-refractivity contribution is 0.0642. The molecule has 0 aliphatic carbocycles. The molecule has 0 saturated carbocycles. The monoisotopic (exact) mass is 517 g/mol. The maximum atomic E-state index is 15.8. The Hall–Kier alpha value is -2.58. The minimum absolute atomic E-state index is 0.0293. The van der Waals surface area contributed by atoms with E-state index in [0.717, 1.165) is 29.4 Å². The highest BCUT2D eigenvalue weighted by Gasteiger charge is 2.41. The third-order valence-corrected chi connectivity index (χ3v) is 7.54. The Labute approximate surface area is 215 Å². The van der Waals surface area contributed by atoms with Crippen LogP contribution in [0.3, 0.4) is 0 Å². The van der Waals surface area contributed by atoms with Gasteiger partial charge in [0.25, 0.3) is 0 Å². The summed E-state index contributed by atoms with van der Waals surface area (Å²) in [5.74, 6) is -1.30. The van der Waals surface area contributed by atoms with Crippen LogP contribution in [0, 0.1) is 11.6 Å².